The zero-order valence-electron chi connectivity index (χ0n) is 22.5. The molecule has 15 heteroatoms. The Morgan fingerprint density at radius 3 is 1.37 bits per heavy atom. The highest BCUT2D eigenvalue weighted by Gasteiger charge is 1.98. The monoisotopic (exact) mass is 550 g/mol. The number of benzene rings is 1. The van der Waals surface area contributed by atoms with Gasteiger partial charge in [-0.3, -0.25) is 24.0 Å². The molecule has 0 spiro atoms. The zero-order chi connectivity index (χ0) is 31.5. The molecule has 0 aliphatic rings. The molecule has 0 aliphatic heterocycles. The maximum atomic E-state index is 9.00. The molecule has 15 nitrogen and oxygen atoms in total. The second kappa shape index (κ2) is 39.9. The highest BCUT2D eigenvalue weighted by atomic mass is 16.4. The van der Waals surface area contributed by atoms with Gasteiger partial charge in [-0.05, 0) is 12.5 Å². The molecule has 1 aromatic rings. The lowest BCUT2D eigenvalue weighted by molar-refractivity contribution is -0.135. The fraction of sp³-hybridized carbons (Fsp3) is 0.478. The Kier molecular flexibility index (Phi) is 49.4. The van der Waals surface area contributed by atoms with E-state index in [1.54, 1.807) is 0 Å². The number of aliphatic hydroxyl groups is 1. The van der Waals surface area contributed by atoms with Crippen molar-refractivity contribution >= 4 is 29.8 Å². The van der Waals surface area contributed by atoms with E-state index in [4.69, 9.17) is 65.6 Å². The first-order valence-electron chi connectivity index (χ1n) is 10.6. The summed E-state index contributed by atoms with van der Waals surface area (Å²) in [6.45, 7) is 11.1. The van der Waals surface area contributed by atoms with Crippen LogP contribution in [0.15, 0.2) is 30.3 Å². The molecule has 0 aromatic heterocycles. The van der Waals surface area contributed by atoms with Gasteiger partial charge in [-0.1, -0.05) is 30.3 Å². The lowest BCUT2D eigenvalue weighted by atomic mass is 10.2. The maximum Gasteiger partial charge on any atom is 0.300 e. The first-order valence-corrected chi connectivity index (χ1v) is 10.6. The van der Waals surface area contributed by atoms with Gasteiger partial charge >= 0.3 is 0 Å². The summed E-state index contributed by atoms with van der Waals surface area (Å²) < 4.78 is 0. The Morgan fingerprint density at radius 1 is 0.816 bits per heavy atom. The quantitative estimate of drug-likeness (QED) is 0.214. The summed E-state index contributed by atoms with van der Waals surface area (Å²) in [6, 6.07) is 10.9. The number of aliphatic carboxylic acids is 5. The fourth-order valence-electron chi connectivity index (χ4n) is 1.43. The SMILES string of the molecule is CC(=O)O.CC(=O)O.CC(=O)O.CC(=O)O.CC(=O)O.CC(CNCc1ccccc1)NCCN.N#CO. The van der Waals surface area contributed by atoms with E-state index < -0.39 is 29.8 Å². The van der Waals surface area contributed by atoms with Gasteiger partial charge in [0.2, 0.25) is 0 Å². The molecular formula is C23H42N4O11. The van der Waals surface area contributed by atoms with Gasteiger partial charge in [-0.2, -0.15) is 5.26 Å². The number of nitriles is 1. The number of aliphatic hydroxyl groups excluding tert-OH is 1. The number of carboxylic acid groups (broad SMARTS) is 5. The molecule has 0 heterocycles. The van der Waals surface area contributed by atoms with Gasteiger partial charge in [0.05, 0.1) is 0 Å². The van der Waals surface area contributed by atoms with Gasteiger partial charge in [-0.15, -0.1) is 0 Å². The third-order valence-corrected chi connectivity index (χ3v) is 2.26. The molecule has 38 heavy (non-hydrogen) atoms. The van der Waals surface area contributed by atoms with Crippen molar-refractivity contribution in [3.8, 4) is 6.26 Å². The van der Waals surface area contributed by atoms with Crippen LogP contribution in [0.5, 0.6) is 0 Å². The van der Waals surface area contributed by atoms with Crippen molar-refractivity contribution in [2.45, 2.75) is 54.1 Å². The molecule has 0 saturated carbocycles. The normalized spacial score (nSPS) is 8.47. The van der Waals surface area contributed by atoms with Crippen LogP contribution in [0.2, 0.25) is 0 Å². The molecule has 0 bridgehead atoms. The molecule has 0 fully saturated rings. The van der Waals surface area contributed by atoms with Crippen molar-refractivity contribution in [1.82, 2.24) is 10.6 Å². The smallest absolute Gasteiger partial charge is 0.300 e. The number of hydrogen-bond donors (Lipinski definition) is 9. The van der Waals surface area contributed by atoms with Gasteiger partial charge in [0.1, 0.15) is 0 Å². The van der Waals surface area contributed by atoms with Crippen molar-refractivity contribution in [2.75, 3.05) is 19.6 Å². The predicted octanol–water partition coefficient (Wildman–Crippen LogP) is 1.01. The second-order valence-corrected chi connectivity index (χ2v) is 6.46. The van der Waals surface area contributed by atoms with Gasteiger partial charge in [-0.25, -0.2) is 0 Å². The van der Waals surface area contributed by atoms with Crippen LogP contribution < -0.4 is 16.4 Å². The van der Waals surface area contributed by atoms with Crippen molar-refractivity contribution in [2.24, 2.45) is 5.73 Å². The topological polar surface area (TPSA) is 281 Å². The minimum absolute atomic E-state index is 0.470. The number of nitrogens with one attached hydrogen (secondary N) is 2. The van der Waals surface area contributed by atoms with Crippen LogP contribution >= 0.6 is 0 Å². The van der Waals surface area contributed by atoms with Crippen LogP contribution in [0.4, 0.5) is 0 Å². The molecular weight excluding hydrogens is 508 g/mol. The Hall–Kier alpha value is -4.26. The Morgan fingerprint density at radius 2 is 1.11 bits per heavy atom. The van der Waals surface area contributed by atoms with Crippen LogP contribution in [0.25, 0.3) is 0 Å². The summed E-state index contributed by atoms with van der Waals surface area (Å²) in [7, 11) is 0. The van der Waals surface area contributed by atoms with Crippen molar-refractivity contribution in [3.05, 3.63) is 35.9 Å². The van der Waals surface area contributed by atoms with E-state index >= 15 is 0 Å². The second-order valence-electron chi connectivity index (χ2n) is 6.46. The number of nitrogens with two attached hydrogens (primary N) is 1. The molecule has 1 atom stereocenters. The minimum atomic E-state index is -0.833. The Balaban J connectivity index is -0.0000000920. The van der Waals surface area contributed by atoms with E-state index in [1.165, 1.54) is 5.56 Å². The lowest BCUT2D eigenvalue weighted by Gasteiger charge is -2.13. The van der Waals surface area contributed by atoms with Crippen LogP contribution in [-0.2, 0) is 30.5 Å². The molecule has 0 saturated heterocycles. The number of hydrogen-bond acceptors (Lipinski definition) is 10. The van der Waals surface area contributed by atoms with Gasteiger partial charge in [0.15, 0.2) is 0 Å². The number of carbonyl (C=O) groups is 5. The van der Waals surface area contributed by atoms with Crippen LogP contribution in [0, 0.1) is 11.5 Å². The van der Waals surface area contributed by atoms with E-state index in [-0.39, 0.29) is 0 Å². The summed E-state index contributed by atoms with van der Waals surface area (Å²) in [5.41, 5.74) is 6.74. The molecule has 1 aromatic carbocycles. The summed E-state index contributed by atoms with van der Waals surface area (Å²) in [5.74, 6) is -4.17. The predicted molar refractivity (Wildman–Crippen MR) is 139 cm³/mol. The summed E-state index contributed by atoms with van der Waals surface area (Å²) in [4.78, 5) is 45.0. The van der Waals surface area contributed by atoms with Gasteiger partial charge in [0, 0.05) is 66.8 Å². The first kappa shape index (κ1) is 47.0. The molecule has 0 aliphatic carbocycles. The van der Waals surface area contributed by atoms with Crippen molar-refractivity contribution in [1.29, 1.82) is 5.26 Å². The highest BCUT2D eigenvalue weighted by molar-refractivity contribution is 5.63. The molecule has 10 N–H and O–H groups in total. The average molecular weight is 551 g/mol. The Bertz CT molecular complexity index is 666. The Labute approximate surface area is 222 Å². The van der Waals surface area contributed by atoms with E-state index in [1.807, 2.05) is 6.07 Å². The molecule has 0 radical (unpaired) electrons. The van der Waals surface area contributed by atoms with E-state index in [9.17, 15) is 0 Å². The lowest BCUT2D eigenvalue weighted by Crippen LogP contribution is -2.38. The summed E-state index contributed by atoms with van der Waals surface area (Å²) >= 11 is 0. The van der Waals surface area contributed by atoms with Crippen LogP contribution in [0.1, 0.15) is 47.1 Å². The average Bonchev–Trinajstić information content (AvgIpc) is 2.71. The van der Waals surface area contributed by atoms with Crippen molar-refractivity contribution < 1.29 is 54.6 Å². The maximum absolute atomic E-state index is 9.00. The minimum Gasteiger partial charge on any atom is -0.481 e. The number of rotatable bonds is 7. The highest BCUT2D eigenvalue weighted by Crippen LogP contribution is 1.96. The third-order valence-electron chi connectivity index (χ3n) is 2.26. The zero-order valence-corrected chi connectivity index (χ0v) is 22.5. The molecule has 220 valence electrons. The number of nitrogens with zero attached hydrogens (tertiary/aromatic N) is 1. The largest absolute Gasteiger partial charge is 0.481 e. The van der Waals surface area contributed by atoms with Crippen molar-refractivity contribution in [3.63, 3.8) is 0 Å². The molecule has 0 amide bonds. The fourth-order valence-corrected chi connectivity index (χ4v) is 1.43. The van der Waals surface area contributed by atoms with Crippen LogP contribution in [0.3, 0.4) is 0 Å². The number of carboxylic acids is 5. The van der Waals surface area contributed by atoms with E-state index in [2.05, 4.69) is 41.8 Å². The third kappa shape index (κ3) is 159. The van der Waals surface area contributed by atoms with Gasteiger partial charge in [0.25, 0.3) is 36.1 Å². The van der Waals surface area contributed by atoms with E-state index in [0.29, 0.717) is 12.6 Å². The molecule has 1 rings (SSSR count). The summed E-state index contributed by atoms with van der Waals surface area (Å²) in [5, 5.41) is 57.6. The molecule has 1 unspecified atom stereocenters. The standard InChI is InChI=1S/C12H21N3.5C2H4O2.CHNO/c1-11(15-8-7-13)9-14-10-12-5-3-2-4-6-12;5*1-2(3)4;2-1-3/h2-6,11,14-15H,7-10,13H2,1H3;5*1H3,(H,3,4);3H. The van der Waals surface area contributed by atoms with E-state index in [0.717, 1.165) is 60.5 Å². The summed E-state index contributed by atoms with van der Waals surface area (Å²) in [6.07, 6.45) is 0.750. The van der Waals surface area contributed by atoms with Gasteiger partial charge < -0.3 is 47.0 Å². The van der Waals surface area contributed by atoms with Crippen LogP contribution in [-0.4, -0.2) is 86.2 Å². The first-order chi connectivity index (χ1) is 17.4.